The predicted octanol–water partition coefficient (Wildman–Crippen LogP) is 3.27. The molecule has 0 saturated heterocycles. The molecule has 0 unspecified atom stereocenters. The lowest BCUT2D eigenvalue weighted by molar-refractivity contribution is -0.138. The van der Waals surface area contributed by atoms with Crippen LogP contribution < -0.4 is 14.8 Å². The van der Waals surface area contributed by atoms with E-state index in [0.29, 0.717) is 39.4 Å². The Morgan fingerprint density at radius 3 is 2.81 bits per heavy atom. The summed E-state index contributed by atoms with van der Waals surface area (Å²) in [5, 5.41) is 2.88. The van der Waals surface area contributed by atoms with Gasteiger partial charge in [0.1, 0.15) is 6.61 Å². The third kappa shape index (κ3) is 3.16. The van der Waals surface area contributed by atoms with Crippen molar-refractivity contribution in [3.05, 3.63) is 46.1 Å². The monoisotopic (exact) mass is 422 g/mol. The van der Waals surface area contributed by atoms with Gasteiger partial charge in [0.2, 0.25) is 6.79 Å². The summed E-state index contributed by atoms with van der Waals surface area (Å²) in [5.74, 6) is 0.664. The smallest absolute Gasteiger partial charge is 0.338 e. The largest absolute Gasteiger partial charge is 0.458 e. The summed E-state index contributed by atoms with van der Waals surface area (Å²) in [6.07, 6.45) is 1.50. The van der Waals surface area contributed by atoms with Crippen LogP contribution >= 0.6 is 15.9 Å². The average Bonchev–Trinajstić information content (AvgIpc) is 3.06. The maximum atomic E-state index is 12.7. The van der Waals surface area contributed by atoms with Gasteiger partial charge in [-0.15, -0.1) is 0 Å². The Kier molecular flexibility index (Phi) is 5.22. The number of amides is 2. The standard InChI is InChI=1S/C18H19BrN2O5/c1-4-6-24-17(22)15-10(3)21(5-2)18(23)20-16(15)11-7-13-14(8-12(11)19)26-9-25-13/h4,7-8,16H,1,5-6,9H2,2-3H3,(H,20,23)/t16-/m1/s1. The van der Waals surface area contributed by atoms with Crippen molar-refractivity contribution in [1.29, 1.82) is 0 Å². The zero-order valence-electron chi connectivity index (χ0n) is 14.5. The molecule has 2 heterocycles. The lowest BCUT2D eigenvalue weighted by Crippen LogP contribution is -2.48. The van der Waals surface area contributed by atoms with Gasteiger partial charge in [0, 0.05) is 16.7 Å². The van der Waals surface area contributed by atoms with E-state index in [2.05, 4.69) is 27.8 Å². The topological polar surface area (TPSA) is 77.1 Å². The van der Waals surface area contributed by atoms with Crippen molar-refractivity contribution in [3.8, 4) is 11.5 Å². The van der Waals surface area contributed by atoms with Crippen LogP contribution in [0.2, 0.25) is 0 Å². The minimum Gasteiger partial charge on any atom is -0.458 e. The Balaban J connectivity index is 2.09. The molecule has 1 atom stereocenters. The van der Waals surface area contributed by atoms with E-state index in [9.17, 15) is 9.59 Å². The van der Waals surface area contributed by atoms with Gasteiger partial charge in [0.05, 0.1) is 11.6 Å². The number of benzene rings is 1. The molecule has 138 valence electrons. The Morgan fingerprint density at radius 1 is 1.46 bits per heavy atom. The van der Waals surface area contributed by atoms with Gasteiger partial charge in [0.25, 0.3) is 0 Å². The van der Waals surface area contributed by atoms with Crippen molar-refractivity contribution >= 4 is 27.9 Å². The number of halogens is 1. The van der Waals surface area contributed by atoms with Gasteiger partial charge in [0.15, 0.2) is 11.5 Å². The Morgan fingerprint density at radius 2 is 2.15 bits per heavy atom. The van der Waals surface area contributed by atoms with E-state index >= 15 is 0 Å². The van der Waals surface area contributed by atoms with Crippen LogP contribution in [0.1, 0.15) is 25.5 Å². The first-order chi connectivity index (χ1) is 12.5. The number of allylic oxidation sites excluding steroid dienone is 1. The average molecular weight is 423 g/mol. The lowest BCUT2D eigenvalue weighted by Gasteiger charge is -2.35. The fraction of sp³-hybridized carbons (Fsp3) is 0.333. The zero-order chi connectivity index (χ0) is 18.8. The molecule has 0 fully saturated rings. The molecule has 2 amide bonds. The van der Waals surface area contributed by atoms with Gasteiger partial charge in [-0.1, -0.05) is 28.6 Å². The molecule has 8 heteroatoms. The molecular weight excluding hydrogens is 404 g/mol. The van der Waals surface area contributed by atoms with Gasteiger partial charge in [-0.25, -0.2) is 9.59 Å². The Bertz CT molecular complexity index is 805. The van der Waals surface area contributed by atoms with Crippen molar-refractivity contribution in [2.75, 3.05) is 19.9 Å². The summed E-state index contributed by atoms with van der Waals surface area (Å²) in [4.78, 5) is 26.7. The lowest BCUT2D eigenvalue weighted by atomic mass is 9.94. The zero-order valence-corrected chi connectivity index (χ0v) is 16.1. The van der Waals surface area contributed by atoms with Gasteiger partial charge in [-0.2, -0.15) is 0 Å². The number of nitrogens with one attached hydrogen (secondary N) is 1. The van der Waals surface area contributed by atoms with Crippen LogP contribution in [0.3, 0.4) is 0 Å². The first-order valence-electron chi connectivity index (χ1n) is 8.13. The van der Waals surface area contributed by atoms with Gasteiger partial charge in [-0.05, 0) is 31.5 Å². The number of urea groups is 1. The predicted molar refractivity (Wildman–Crippen MR) is 97.8 cm³/mol. The molecule has 0 bridgehead atoms. The van der Waals surface area contributed by atoms with E-state index in [-0.39, 0.29) is 19.4 Å². The number of fused-ring (bicyclic) bond motifs is 1. The number of hydrogen-bond donors (Lipinski definition) is 1. The maximum Gasteiger partial charge on any atom is 0.338 e. The summed E-state index contributed by atoms with van der Waals surface area (Å²) in [7, 11) is 0. The number of hydrogen-bond acceptors (Lipinski definition) is 5. The summed E-state index contributed by atoms with van der Waals surface area (Å²) >= 11 is 3.50. The van der Waals surface area contributed by atoms with Crippen molar-refractivity contribution < 1.29 is 23.8 Å². The summed E-state index contributed by atoms with van der Waals surface area (Å²) in [6, 6.07) is 2.57. The third-order valence-corrected chi connectivity index (χ3v) is 4.95. The van der Waals surface area contributed by atoms with E-state index in [1.807, 2.05) is 6.92 Å². The van der Waals surface area contributed by atoms with Crippen LogP contribution in [0.4, 0.5) is 4.79 Å². The fourth-order valence-corrected chi connectivity index (χ4v) is 3.58. The molecule has 2 aliphatic rings. The first-order valence-corrected chi connectivity index (χ1v) is 8.93. The van der Waals surface area contributed by atoms with E-state index in [1.165, 1.54) is 11.0 Å². The number of rotatable bonds is 5. The van der Waals surface area contributed by atoms with Crippen molar-refractivity contribution in [3.63, 3.8) is 0 Å². The van der Waals surface area contributed by atoms with Crippen LogP contribution in [0.25, 0.3) is 0 Å². The molecular formula is C18H19BrN2O5. The van der Waals surface area contributed by atoms with Crippen molar-refractivity contribution in [2.24, 2.45) is 0 Å². The molecule has 3 rings (SSSR count). The molecule has 0 spiro atoms. The summed E-state index contributed by atoms with van der Waals surface area (Å²) in [6.45, 7) is 7.79. The van der Waals surface area contributed by atoms with Crippen molar-refractivity contribution in [2.45, 2.75) is 19.9 Å². The molecule has 0 aromatic heterocycles. The second-order valence-corrected chi connectivity index (χ2v) is 6.59. The van der Waals surface area contributed by atoms with Gasteiger partial charge < -0.3 is 19.5 Å². The molecule has 0 saturated carbocycles. The molecule has 7 nitrogen and oxygen atoms in total. The van der Waals surface area contributed by atoms with Crippen LogP contribution in [0.5, 0.6) is 11.5 Å². The highest BCUT2D eigenvalue weighted by atomic mass is 79.9. The minimum atomic E-state index is -0.675. The van der Waals surface area contributed by atoms with Gasteiger partial charge >= 0.3 is 12.0 Å². The highest BCUT2D eigenvalue weighted by molar-refractivity contribution is 9.10. The second kappa shape index (κ2) is 7.41. The number of ether oxygens (including phenoxy) is 3. The molecule has 1 N–H and O–H groups in total. The molecule has 0 aliphatic carbocycles. The normalized spacial score (nSPS) is 18.7. The minimum absolute atomic E-state index is 0.0880. The van der Waals surface area contributed by atoms with Gasteiger partial charge in [-0.3, -0.25) is 4.90 Å². The summed E-state index contributed by atoms with van der Waals surface area (Å²) < 4.78 is 16.7. The van der Waals surface area contributed by atoms with Crippen LogP contribution in [0, 0.1) is 0 Å². The highest BCUT2D eigenvalue weighted by Crippen LogP contribution is 2.42. The number of nitrogens with zero attached hydrogens (tertiary/aromatic N) is 1. The van der Waals surface area contributed by atoms with E-state index < -0.39 is 12.0 Å². The Labute approximate surface area is 159 Å². The molecule has 1 aromatic rings. The highest BCUT2D eigenvalue weighted by Gasteiger charge is 2.37. The maximum absolute atomic E-state index is 12.7. The summed E-state index contributed by atoms with van der Waals surface area (Å²) in [5.41, 5.74) is 1.61. The molecule has 0 radical (unpaired) electrons. The van der Waals surface area contributed by atoms with E-state index in [4.69, 9.17) is 14.2 Å². The van der Waals surface area contributed by atoms with E-state index in [1.54, 1.807) is 19.1 Å². The van der Waals surface area contributed by atoms with Crippen molar-refractivity contribution in [1.82, 2.24) is 10.2 Å². The molecule has 26 heavy (non-hydrogen) atoms. The quantitative estimate of drug-likeness (QED) is 0.581. The fourth-order valence-electron chi connectivity index (χ4n) is 3.03. The number of carbonyl (C=O) groups excluding carboxylic acids is 2. The van der Waals surface area contributed by atoms with Crippen LogP contribution in [0.15, 0.2) is 40.5 Å². The SMILES string of the molecule is C=CCOC(=O)C1=C(C)N(CC)C(=O)N[C@@H]1c1cc2c(cc1Br)OCO2. The van der Waals surface area contributed by atoms with Crippen LogP contribution in [-0.4, -0.2) is 36.8 Å². The third-order valence-electron chi connectivity index (χ3n) is 4.27. The molecule has 2 aliphatic heterocycles. The second-order valence-electron chi connectivity index (χ2n) is 5.74. The number of carbonyl (C=O) groups is 2. The Hall–Kier alpha value is -2.48. The first kappa shape index (κ1) is 18.3. The molecule has 1 aromatic carbocycles. The van der Waals surface area contributed by atoms with E-state index in [0.717, 1.165) is 0 Å². The van der Waals surface area contributed by atoms with Crippen LogP contribution in [-0.2, 0) is 9.53 Å². The number of esters is 1.